The highest BCUT2D eigenvalue weighted by atomic mass is 16.2. The Morgan fingerprint density at radius 1 is 0.800 bits per heavy atom. The second-order valence-corrected chi connectivity index (χ2v) is 13.1. The Labute approximate surface area is 296 Å². The molecule has 4 amide bonds. The molecule has 4 atom stereocenters. The number of carbonyl (C=O) groups excluding carboxylic acids is 4. The molecule has 0 spiro atoms. The predicted molar refractivity (Wildman–Crippen MR) is 197 cm³/mol. The van der Waals surface area contributed by atoms with E-state index in [1.807, 2.05) is 65.0 Å². The predicted octanol–water partition coefficient (Wildman–Crippen LogP) is 5.57. The van der Waals surface area contributed by atoms with Gasteiger partial charge in [0.2, 0.25) is 11.8 Å². The fourth-order valence-corrected chi connectivity index (χ4v) is 5.55. The molecule has 3 rings (SSSR count). The molecule has 0 saturated heterocycles. The van der Waals surface area contributed by atoms with Gasteiger partial charge in [-0.1, -0.05) is 81.6 Å². The molecule has 10 nitrogen and oxygen atoms in total. The maximum absolute atomic E-state index is 13.9. The number of hydrogen-bond acceptors (Lipinski definition) is 6. The van der Waals surface area contributed by atoms with E-state index < -0.39 is 12.1 Å². The third-order valence-electron chi connectivity index (χ3n) is 8.64. The molecule has 10 heteroatoms. The van der Waals surface area contributed by atoms with E-state index >= 15 is 0 Å². The molecule has 3 aromatic rings. The average molecular weight is 681 g/mol. The maximum Gasteiger partial charge on any atom is 0.251 e. The van der Waals surface area contributed by atoms with Crippen molar-refractivity contribution in [1.82, 2.24) is 26.6 Å². The molecule has 0 unspecified atom stereocenters. The normalized spacial score (nSPS) is 13.3. The van der Waals surface area contributed by atoms with Crippen molar-refractivity contribution in [3.63, 3.8) is 0 Å². The lowest BCUT2D eigenvalue weighted by Gasteiger charge is -2.25. The van der Waals surface area contributed by atoms with E-state index in [0.29, 0.717) is 41.8 Å². The smallest absolute Gasteiger partial charge is 0.251 e. The maximum atomic E-state index is 13.9. The molecule has 0 aliphatic carbocycles. The van der Waals surface area contributed by atoms with E-state index in [2.05, 4.69) is 39.6 Å². The lowest BCUT2D eigenvalue weighted by Crippen LogP contribution is -2.55. The average Bonchev–Trinajstić information content (AvgIpc) is 3.11. The Hall–Kier alpha value is -5.01. The number of likely N-dealkylation sites (N-methyl/N-ethyl adjacent to an activating group) is 1. The summed E-state index contributed by atoms with van der Waals surface area (Å²) in [6, 6.07) is 20.3. The van der Waals surface area contributed by atoms with Crippen LogP contribution in [0.1, 0.15) is 104 Å². The van der Waals surface area contributed by atoms with Crippen molar-refractivity contribution < 1.29 is 19.2 Å². The van der Waals surface area contributed by atoms with Crippen molar-refractivity contribution in [3.05, 3.63) is 94.5 Å². The number of nitrogens with zero attached hydrogens (tertiary/aromatic N) is 1. The molecule has 50 heavy (non-hydrogen) atoms. The quantitative estimate of drug-likeness (QED) is 0.126. The van der Waals surface area contributed by atoms with Crippen molar-refractivity contribution in [2.24, 2.45) is 5.92 Å². The summed E-state index contributed by atoms with van der Waals surface area (Å²) >= 11 is 0. The van der Waals surface area contributed by atoms with Crippen LogP contribution < -0.4 is 26.6 Å². The number of amides is 4. The van der Waals surface area contributed by atoms with E-state index in [0.717, 1.165) is 24.0 Å². The molecule has 0 bridgehead atoms. The van der Waals surface area contributed by atoms with Crippen molar-refractivity contribution in [2.75, 3.05) is 13.1 Å². The van der Waals surface area contributed by atoms with Crippen LogP contribution in [0.5, 0.6) is 0 Å². The molecule has 3 aromatic carbocycles. The van der Waals surface area contributed by atoms with Crippen LogP contribution in [-0.2, 0) is 9.59 Å². The summed E-state index contributed by atoms with van der Waals surface area (Å²) in [5.41, 5.74) is 4.25. The summed E-state index contributed by atoms with van der Waals surface area (Å²) in [6.07, 6.45) is 2.42. The van der Waals surface area contributed by atoms with Crippen LogP contribution in [0.25, 0.3) is 11.1 Å². The van der Waals surface area contributed by atoms with Crippen molar-refractivity contribution in [1.29, 1.82) is 5.26 Å². The van der Waals surface area contributed by atoms with Crippen molar-refractivity contribution in [2.45, 2.75) is 91.9 Å². The van der Waals surface area contributed by atoms with Gasteiger partial charge in [0.15, 0.2) is 0 Å². The van der Waals surface area contributed by atoms with Crippen molar-refractivity contribution >= 4 is 23.6 Å². The van der Waals surface area contributed by atoms with E-state index in [1.54, 1.807) is 43.3 Å². The SMILES string of the molecule is CCCC[C@@H](CN[C@@H](C)C(=O)N[C@H](C(=O)NCC)C(C)C)NC(=O)c1cc(C(=O)N[C@H](C)c2ccc(C)cc2)cc(-c2ccccc2C#N)c1. The van der Waals surface area contributed by atoms with E-state index in [1.165, 1.54) is 0 Å². The molecular formula is C40H52N6O4. The molecule has 0 saturated carbocycles. The van der Waals surface area contributed by atoms with Gasteiger partial charge in [-0.3, -0.25) is 19.2 Å². The van der Waals surface area contributed by atoms with Crippen LogP contribution >= 0.6 is 0 Å². The Bertz CT molecular complexity index is 1660. The minimum atomic E-state index is -0.660. The van der Waals surface area contributed by atoms with Gasteiger partial charge in [-0.25, -0.2) is 0 Å². The van der Waals surface area contributed by atoms with E-state index in [4.69, 9.17) is 0 Å². The summed E-state index contributed by atoms with van der Waals surface area (Å²) < 4.78 is 0. The first-order valence-electron chi connectivity index (χ1n) is 17.5. The summed E-state index contributed by atoms with van der Waals surface area (Å²) in [7, 11) is 0. The number of nitrogens with one attached hydrogen (secondary N) is 5. The number of aryl methyl sites for hydroxylation is 1. The first kappa shape index (κ1) is 39.4. The van der Waals surface area contributed by atoms with Crippen LogP contribution in [0.2, 0.25) is 0 Å². The lowest BCUT2D eigenvalue weighted by molar-refractivity contribution is -0.130. The molecular weight excluding hydrogens is 628 g/mol. The summed E-state index contributed by atoms with van der Waals surface area (Å²) in [6.45, 7) is 14.1. The van der Waals surface area contributed by atoms with Crippen LogP contribution in [-0.4, -0.2) is 54.8 Å². The Morgan fingerprint density at radius 3 is 2.04 bits per heavy atom. The summed E-state index contributed by atoms with van der Waals surface area (Å²) in [4.78, 5) is 53.0. The fraction of sp³-hybridized carbons (Fsp3) is 0.425. The van der Waals surface area contributed by atoms with E-state index in [9.17, 15) is 24.4 Å². The highest BCUT2D eigenvalue weighted by molar-refractivity contribution is 6.02. The summed E-state index contributed by atoms with van der Waals surface area (Å²) in [5.74, 6) is -1.36. The lowest BCUT2D eigenvalue weighted by atomic mass is 9.95. The zero-order valence-electron chi connectivity index (χ0n) is 30.4. The van der Waals surface area contributed by atoms with Crippen LogP contribution in [0, 0.1) is 24.2 Å². The molecule has 0 aliphatic rings. The largest absolute Gasteiger partial charge is 0.355 e. The topological polar surface area (TPSA) is 152 Å². The fourth-order valence-electron chi connectivity index (χ4n) is 5.55. The standard InChI is InChI=1S/C40H52N6O4/c1-8-10-14-34(24-43-28(7)37(47)46-36(25(3)4)40(50)42-9-2)45-39(49)33-21-31(35-15-12-11-13-30(35)23-41)20-32(22-33)38(48)44-27(6)29-18-16-26(5)17-19-29/h11-13,15-22,25,27-28,34,36,43H,8-10,14,24H2,1-7H3,(H,42,50)(H,44,48)(H,45,49)(H,46,47)/t27-,28+,34+,36+/m1/s1. The van der Waals surface area contributed by atoms with Gasteiger partial charge in [-0.2, -0.15) is 5.26 Å². The second-order valence-electron chi connectivity index (χ2n) is 13.1. The minimum Gasteiger partial charge on any atom is -0.355 e. The van der Waals surface area contributed by atoms with Crippen LogP contribution in [0.4, 0.5) is 0 Å². The Morgan fingerprint density at radius 2 is 1.44 bits per heavy atom. The number of nitriles is 1. The number of rotatable bonds is 17. The summed E-state index contributed by atoms with van der Waals surface area (Å²) in [5, 5.41) is 24.8. The van der Waals surface area contributed by atoms with Gasteiger partial charge in [0.05, 0.1) is 23.7 Å². The molecule has 5 N–H and O–H groups in total. The van der Waals surface area contributed by atoms with Gasteiger partial charge in [0.1, 0.15) is 6.04 Å². The van der Waals surface area contributed by atoms with E-state index in [-0.39, 0.29) is 47.2 Å². The molecule has 0 fully saturated rings. The highest BCUT2D eigenvalue weighted by Gasteiger charge is 2.26. The van der Waals surface area contributed by atoms with Gasteiger partial charge < -0.3 is 26.6 Å². The number of hydrogen-bond donors (Lipinski definition) is 5. The Balaban J connectivity index is 1.85. The third-order valence-corrected chi connectivity index (χ3v) is 8.64. The van der Waals surface area contributed by atoms with Crippen LogP contribution in [0.3, 0.4) is 0 Å². The zero-order valence-corrected chi connectivity index (χ0v) is 30.4. The molecule has 0 aromatic heterocycles. The first-order valence-corrected chi connectivity index (χ1v) is 17.5. The molecule has 0 aliphatic heterocycles. The third kappa shape index (κ3) is 11.3. The number of unbranched alkanes of at least 4 members (excludes halogenated alkanes) is 1. The van der Waals surface area contributed by atoms with Gasteiger partial charge in [0.25, 0.3) is 11.8 Å². The highest BCUT2D eigenvalue weighted by Crippen LogP contribution is 2.27. The number of benzene rings is 3. The molecule has 0 heterocycles. The zero-order chi connectivity index (χ0) is 36.8. The molecule has 0 radical (unpaired) electrons. The van der Waals surface area contributed by atoms with Crippen molar-refractivity contribution in [3.8, 4) is 17.2 Å². The van der Waals surface area contributed by atoms with Crippen LogP contribution in [0.15, 0.2) is 66.7 Å². The monoisotopic (exact) mass is 680 g/mol. The first-order chi connectivity index (χ1) is 23.9. The second kappa shape index (κ2) is 19.2. The molecule has 266 valence electrons. The van der Waals surface area contributed by atoms with Gasteiger partial charge in [-0.05, 0) is 81.0 Å². The minimum absolute atomic E-state index is 0.0945. The van der Waals surface area contributed by atoms with Gasteiger partial charge in [0, 0.05) is 30.3 Å². The Kier molecular flexibility index (Phi) is 15.2. The van der Waals surface area contributed by atoms with Gasteiger partial charge in [-0.15, -0.1) is 0 Å². The van der Waals surface area contributed by atoms with Gasteiger partial charge >= 0.3 is 0 Å². The number of carbonyl (C=O) groups is 4.